The number of para-hydroxylation sites is 2. The zero-order valence-corrected chi connectivity index (χ0v) is 20.2. The van der Waals surface area contributed by atoms with Crippen LogP contribution in [0.1, 0.15) is 25.3 Å². The average molecular weight is 455 g/mol. The van der Waals surface area contributed by atoms with Crippen LogP contribution in [0.3, 0.4) is 0 Å². The summed E-state index contributed by atoms with van der Waals surface area (Å²) in [4.78, 5) is 2.26. The molecule has 2 N–H and O–H groups in total. The van der Waals surface area contributed by atoms with E-state index in [1.54, 1.807) is 0 Å². The zero-order valence-electron chi connectivity index (χ0n) is 20.2. The van der Waals surface area contributed by atoms with Crippen molar-refractivity contribution in [1.29, 1.82) is 0 Å². The van der Waals surface area contributed by atoms with Gasteiger partial charge in [-0.25, -0.2) is 0 Å². The maximum Gasteiger partial charge on any atom is 0.0462 e. The minimum Gasteiger partial charge on any atom is -0.398 e. The van der Waals surface area contributed by atoms with Crippen molar-refractivity contribution in [3.63, 3.8) is 0 Å². The summed E-state index contributed by atoms with van der Waals surface area (Å²) >= 11 is 0. The molecule has 0 saturated heterocycles. The van der Waals surface area contributed by atoms with Gasteiger partial charge in [-0.1, -0.05) is 98.8 Å². The van der Waals surface area contributed by atoms with Crippen LogP contribution in [0.15, 0.2) is 127 Å². The number of nitrogen functional groups attached to an aromatic ring is 1. The van der Waals surface area contributed by atoms with Crippen molar-refractivity contribution < 1.29 is 0 Å². The third kappa shape index (κ3) is 4.83. The molecule has 5 rings (SSSR count). The Morgan fingerprint density at radius 2 is 1.00 bits per heavy atom. The second-order valence-corrected chi connectivity index (χ2v) is 9.13. The highest BCUT2D eigenvalue weighted by Crippen LogP contribution is 2.37. The molecule has 0 fully saturated rings. The summed E-state index contributed by atoms with van der Waals surface area (Å²) in [6.45, 7) is 4.43. The third-order valence-corrected chi connectivity index (χ3v) is 6.43. The second-order valence-electron chi connectivity index (χ2n) is 9.13. The summed E-state index contributed by atoms with van der Waals surface area (Å²) in [5.74, 6) is 0.527. The van der Waals surface area contributed by atoms with Crippen LogP contribution in [0.5, 0.6) is 0 Å². The summed E-state index contributed by atoms with van der Waals surface area (Å²) in [7, 11) is 0. The number of hydrogen-bond acceptors (Lipinski definition) is 2. The molecule has 0 spiro atoms. The normalized spacial score (nSPS) is 10.9. The molecular formula is C33H30N2. The smallest absolute Gasteiger partial charge is 0.0462 e. The molecule has 2 nitrogen and oxygen atoms in total. The van der Waals surface area contributed by atoms with Crippen molar-refractivity contribution in [2.75, 3.05) is 10.6 Å². The molecule has 35 heavy (non-hydrogen) atoms. The van der Waals surface area contributed by atoms with Gasteiger partial charge < -0.3 is 10.6 Å². The van der Waals surface area contributed by atoms with Crippen molar-refractivity contribution >= 4 is 22.7 Å². The molecular weight excluding hydrogens is 424 g/mol. The molecule has 0 radical (unpaired) electrons. The van der Waals surface area contributed by atoms with Crippen LogP contribution >= 0.6 is 0 Å². The summed E-state index contributed by atoms with van der Waals surface area (Å²) in [6.07, 6.45) is 0. The summed E-state index contributed by atoms with van der Waals surface area (Å²) in [5, 5.41) is 0. The van der Waals surface area contributed by atoms with E-state index in [0.717, 1.165) is 39.4 Å². The van der Waals surface area contributed by atoms with E-state index in [4.69, 9.17) is 5.73 Å². The number of anilines is 4. The molecule has 0 amide bonds. The van der Waals surface area contributed by atoms with Crippen LogP contribution in [-0.4, -0.2) is 0 Å². The van der Waals surface area contributed by atoms with E-state index in [9.17, 15) is 0 Å². The Balaban J connectivity index is 1.45. The van der Waals surface area contributed by atoms with E-state index >= 15 is 0 Å². The lowest BCUT2D eigenvalue weighted by Crippen LogP contribution is -2.09. The van der Waals surface area contributed by atoms with Gasteiger partial charge in [0, 0.05) is 28.3 Å². The van der Waals surface area contributed by atoms with Gasteiger partial charge in [0.25, 0.3) is 0 Å². The Morgan fingerprint density at radius 1 is 0.514 bits per heavy atom. The SMILES string of the molecule is CC(C)c1ccc(-c2ccc(-c3ccc(N(c4ccccc4)c4ccccc4)cc3)c(N)c2)cc1. The van der Waals surface area contributed by atoms with Crippen LogP contribution in [0, 0.1) is 0 Å². The molecule has 0 bridgehead atoms. The molecule has 0 aliphatic rings. The monoisotopic (exact) mass is 454 g/mol. The molecule has 0 aromatic heterocycles. The summed E-state index contributed by atoms with van der Waals surface area (Å²) in [6, 6.07) is 44.6. The van der Waals surface area contributed by atoms with Crippen LogP contribution in [-0.2, 0) is 0 Å². The minimum atomic E-state index is 0.527. The van der Waals surface area contributed by atoms with Crippen molar-refractivity contribution in [2.24, 2.45) is 0 Å². The number of hydrogen-bond donors (Lipinski definition) is 1. The number of benzene rings is 5. The predicted octanol–water partition coefficient (Wildman–Crippen LogP) is 9.20. The highest BCUT2D eigenvalue weighted by atomic mass is 15.1. The topological polar surface area (TPSA) is 29.3 Å². The Kier molecular flexibility index (Phi) is 6.36. The molecule has 0 atom stereocenters. The van der Waals surface area contributed by atoms with Gasteiger partial charge in [0.2, 0.25) is 0 Å². The fraction of sp³-hybridized carbons (Fsp3) is 0.0909. The zero-order chi connectivity index (χ0) is 24.2. The van der Waals surface area contributed by atoms with E-state index in [1.165, 1.54) is 11.1 Å². The molecule has 5 aromatic rings. The quantitative estimate of drug-likeness (QED) is 0.259. The van der Waals surface area contributed by atoms with E-state index in [0.29, 0.717) is 5.92 Å². The van der Waals surface area contributed by atoms with Gasteiger partial charge >= 0.3 is 0 Å². The first-order valence-electron chi connectivity index (χ1n) is 12.1. The van der Waals surface area contributed by atoms with E-state index in [1.807, 2.05) is 12.1 Å². The number of nitrogens with zero attached hydrogens (tertiary/aromatic N) is 1. The maximum absolute atomic E-state index is 6.54. The summed E-state index contributed by atoms with van der Waals surface area (Å²) < 4.78 is 0. The van der Waals surface area contributed by atoms with Gasteiger partial charge in [-0.2, -0.15) is 0 Å². The molecule has 0 unspecified atom stereocenters. The lowest BCUT2D eigenvalue weighted by Gasteiger charge is -2.25. The fourth-order valence-electron chi connectivity index (χ4n) is 4.46. The average Bonchev–Trinajstić information content (AvgIpc) is 2.91. The van der Waals surface area contributed by atoms with Crippen molar-refractivity contribution in [3.8, 4) is 22.3 Å². The first-order valence-corrected chi connectivity index (χ1v) is 12.1. The highest BCUT2D eigenvalue weighted by molar-refractivity contribution is 5.83. The molecule has 0 saturated carbocycles. The highest BCUT2D eigenvalue weighted by Gasteiger charge is 2.13. The maximum atomic E-state index is 6.54. The van der Waals surface area contributed by atoms with Gasteiger partial charge in [-0.15, -0.1) is 0 Å². The first-order chi connectivity index (χ1) is 17.1. The standard InChI is InChI=1S/C33H30N2/c1-24(2)25-13-15-26(16-14-25)28-19-22-32(33(34)23-28)27-17-20-31(21-18-27)35(29-9-5-3-6-10-29)30-11-7-4-8-12-30/h3-24H,34H2,1-2H3. The van der Waals surface area contributed by atoms with E-state index < -0.39 is 0 Å². The van der Waals surface area contributed by atoms with Crippen LogP contribution in [0.4, 0.5) is 22.7 Å². The predicted molar refractivity (Wildman–Crippen MR) is 150 cm³/mol. The molecule has 2 heteroatoms. The lowest BCUT2D eigenvalue weighted by atomic mass is 9.96. The van der Waals surface area contributed by atoms with E-state index in [-0.39, 0.29) is 0 Å². The van der Waals surface area contributed by atoms with Crippen molar-refractivity contribution in [3.05, 3.63) is 133 Å². The van der Waals surface area contributed by atoms with Crippen LogP contribution in [0.2, 0.25) is 0 Å². The fourth-order valence-corrected chi connectivity index (χ4v) is 4.46. The Bertz CT molecular complexity index is 1350. The number of rotatable bonds is 6. The number of nitrogens with two attached hydrogens (primary N) is 1. The molecule has 0 aliphatic carbocycles. The summed E-state index contributed by atoms with van der Waals surface area (Å²) in [5.41, 5.74) is 16.5. The van der Waals surface area contributed by atoms with E-state index in [2.05, 4.69) is 134 Å². The molecule has 5 aromatic carbocycles. The van der Waals surface area contributed by atoms with Crippen molar-refractivity contribution in [1.82, 2.24) is 0 Å². The largest absolute Gasteiger partial charge is 0.398 e. The van der Waals surface area contributed by atoms with Gasteiger partial charge in [-0.05, 0) is 70.6 Å². The Hall–Kier alpha value is -4.30. The van der Waals surface area contributed by atoms with Crippen molar-refractivity contribution in [2.45, 2.75) is 19.8 Å². The Labute approximate surface area is 208 Å². The minimum absolute atomic E-state index is 0.527. The second kappa shape index (κ2) is 9.90. The lowest BCUT2D eigenvalue weighted by molar-refractivity contribution is 0.867. The molecule has 0 aliphatic heterocycles. The molecule has 172 valence electrons. The van der Waals surface area contributed by atoms with Gasteiger partial charge in [0.05, 0.1) is 0 Å². The van der Waals surface area contributed by atoms with Gasteiger partial charge in [0.1, 0.15) is 0 Å². The van der Waals surface area contributed by atoms with Crippen LogP contribution in [0.25, 0.3) is 22.3 Å². The molecule has 0 heterocycles. The van der Waals surface area contributed by atoms with Crippen LogP contribution < -0.4 is 10.6 Å². The first kappa shape index (κ1) is 22.5. The third-order valence-electron chi connectivity index (χ3n) is 6.43. The van der Waals surface area contributed by atoms with Gasteiger partial charge in [0.15, 0.2) is 0 Å². The van der Waals surface area contributed by atoms with Gasteiger partial charge in [-0.3, -0.25) is 0 Å². The Morgan fingerprint density at radius 3 is 1.51 bits per heavy atom.